The van der Waals surface area contributed by atoms with Crippen molar-refractivity contribution in [3.05, 3.63) is 89.5 Å². The molecule has 0 spiro atoms. The molecule has 0 aromatic heterocycles. The Hall–Kier alpha value is -2.52. The van der Waals surface area contributed by atoms with Crippen LogP contribution in [0.1, 0.15) is 76.5 Å². The number of rotatable bonds is 9. The monoisotopic (exact) mass is 559 g/mol. The summed E-state index contributed by atoms with van der Waals surface area (Å²) >= 11 is 0. The first-order chi connectivity index (χ1) is 18.8. The molecule has 40 heavy (non-hydrogen) atoms. The minimum absolute atomic E-state index is 0.0696. The van der Waals surface area contributed by atoms with Crippen LogP contribution in [-0.2, 0) is 4.79 Å². The van der Waals surface area contributed by atoms with Gasteiger partial charge in [0.25, 0.3) is 0 Å². The molecule has 0 aliphatic carbocycles. The van der Waals surface area contributed by atoms with Crippen LogP contribution in [0.4, 0.5) is 0 Å². The summed E-state index contributed by atoms with van der Waals surface area (Å²) in [4.78, 5) is 13.1. The number of nitrogens with one attached hydrogen (secondary N) is 1. The Morgan fingerprint density at radius 1 is 0.750 bits per heavy atom. The molecule has 2 N–H and O–H groups in total. The van der Waals surface area contributed by atoms with Crippen LogP contribution in [-0.4, -0.2) is 39.5 Å². The second-order valence-corrected chi connectivity index (χ2v) is 16.7. The first-order valence-electron chi connectivity index (χ1n) is 14.7. The van der Waals surface area contributed by atoms with Crippen LogP contribution in [0.5, 0.6) is 0 Å². The lowest BCUT2D eigenvalue weighted by atomic mass is 9.79. The van der Waals surface area contributed by atoms with Crippen LogP contribution >= 0.6 is 7.26 Å². The topological polar surface area (TPSA) is 52.6 Å². The van der Waals surface area contributed by atoms with Crippen molar-refractivity contribution in [3.63, 3.8) is 0 Å². The molecule has 1 heterocycles. The maximum atomic E-state index is 13.1. The summed E-state index contributed by atoms with van der Waals surface area (Å²) in [5, 5.41) is 19.6. The molecular weight excluding hydrogens is 511 g/mol. The minimum Gasteiger partial charge on any atom is -0.353 e. The molecule has 3 aromatic rings. The van der Waals surface area contributed by atoms with Gasteiger partial charge in [-0.2, -0.15) is 5.06 Å². The van der Waals surface area contributed by atoms with Gasteiger partial charge >= 0.3 is 0 Å². The average molecular weight is 560 g/mol. The fraction of sp³-hybridized carbons (Fsp3) is 0.457. The molecule has 5 heteroatoms. The van der Waals surface area contributed by atoms with Gasteiger partial charge in [0.1, 0.15) is 23.2 Å². The molecule has 1 aliphatic rings. The number of hydrogen-bond donors (Lipinski definition) is 2. The Balaban J connectivity index is 1.54. The van der Waals surface area contributed by atoms with E-state index in [1.165, 1.54) is 37.7 Å². The van der Waals surface area contributed by atoms with Crippen molar-refractivity contribution in [2.75, 3.05) is 6.16 Å². The van der Waals surface area contributed by atoms with E-state index in [2.05, 4.69) is 98.9 Å². The number of carbonyl (C=O) groups is 1. The van der Waals surface area contributed by atoms with Crippen molar-refractivity contribution in [1.29, 1.82) is 0 Å². The Morgan fingerprint density at radius 3 is 1.50 bits per heavy atom. The van der Waals surface area contributed by atoms with E-state index in [1.54, 1.807) is 0 Å². The van der Waals surface area contributed by atoms with Crippen LogP contribution in [0.2, 0.25) is 0 Å². The first-order valence-corrected chi connectivity index (χ1v) is 16.7. The SMILES string of the molecule is Cc1ccc([P+](CCCCC(=O)NC2CC(C)(C)N(O)C(C)(C)C2)(c2ccc(C)cc2)c2ccc(C)cc2)cc1. The fourth-order valence-corrected chi connectivity index (χ4v) is 10.9. The van der Waals surface area contributed by atoms with Crippen molar-refractivity contribution >= 4 is 29.1 Å². The number of hydrogen-bond acceptors (Lipinski definition) is 3. The predicted octanol–water partition coefficient (Wildman–Crippen LogP) is 6.60. The molecule has 0 radical (unpaired) electrons. The number of piperidine rings is 1. The third-order valence-electron chi connectivity index (χ3n) is 8.58. The number of hydroxylamine groups is 2. The number of amides is 1. The summed E-state index contributed by atoms with van der Waals surface area (Å²) < 4.78 is 0. The van der Waals surface area contributed by atoms with Gasteiger partial charge in [0.15, 0.2) is 0 Å². The normalized spacial score (nSPS) is 17.5. The summed E-state index contributed by atoms with van der Waals surface area (Å²) in [6.45, 7) is 14.6. The van der Waals surface area contributed by atoms with E-state index in [4.69, 9.17) is 0 Å². The number of unbranched alkanes of at least 4 members (excludes halogenated alkanes) is 1. The van der Waals surface area contributed by atoms with Gasteiger partial charge < -0.3 is 10.5 Å². The minimum atomic E-state index is -1.91. The average Bonchev–Trinajstić information content (AvgIpc) is 2.89. The summed E-state index contributed by atoms with van der Waals surface area (Å²) in [5.41, 5.74) is 3.05. The van der Waals surface area contributed by atoms with E-state index >= 15 is 0 Å². The van der Waals surface area contributed by atoms with E-state index in [-0.39, 0.29) is 23.0 Å². The molecule has 1 fully saturated rings. The van der Waals surface area contributed by atoms with E-state index < -0.39 is 7.26 Å². The second kappa shape index (κ2) is 12.1. The molecule has 0 unspecified atom stereocenters. The van der Waals surface area contributed by atoms with Crippen LogP contribution in [0, 0.1) is 20.8 Å². The highest BCUT2D eigenvalue weighted by molar-refractivity contribution is 7.95. The molecule has 4 rings (SSSR count). The van der Waals surface area contributed by atoms with Gasteiger partial charge in [-0.05, 0) is 111 Å². The molecule has 0 saturated carbocycles. The van der Waals surface area contributed by atoms with Crippen molar-refractivity contribution < 1.29 is 10.0 Å². The Morgan fingerprint density at radius 2 is 1.12 bits per heavy atom. The Labute approximate surface area is 242 Å². The highest BCUT2D eigenvalue weighted by atomic mass is 31.2. The lowest BCUT2D eigenvalue weighted by Crippen LogP contribution is -2.62. The molecule has 214 valence electrons. The van der Waals surface area contributed by atoms with Gasteiger partial charge in [0.2, 0.25) is 5.91 Å². The van der Waals surface area contributed by atoms with Gasteiger partial charge in [-0.3, -0.25) is 4.79 Å². The lowest BCUT2D eigenvalue weighted by Gasteiger charge is -2.51. The number of carbonyl (C=O) groups excluding carboxylic acids is 1. The van der Waals surface area contributed by atoms with Crippen molar-refractivity contribution in [2.24, 2.45) is 0 Å². The summed E-state index contributed by atoms with van der Waals surface area (Å²) in [6, 6.07) is 27.4. The van der Waals surface area contributed by atoms with Gasteiger partial charge in [0, 0.05) is 23.5 Å². The highest BCUT2D eigenvalue weighted by Gasteiger charge is 2.46. The van der Waals surface area contributed by atoms with Gasteiger partial charge in [0.05, 0.1) is 6.16 Å². The van der Waals surface area contributed by atoms with Crippen LogP contribution in [0.15, 0.2) is 72.8 Å². The van der Waals surface area contributed by atoms with E-state index in [0.717, 1.165) is 31.8 Å². The quantitative estimate of drug-likeness (QED) is 0.229. The summed E-state index contributed by atoms with van der Waals surface area (Å²) in [6.07, 6.45) is 4.85. The molecular formula is C35H48N2O2P+. The third-order valence-corrected chi connectivity index (χ3v) is 13.1. The van der Waals surface area contributed by atoms with Gasteiger partial charge in [-0.15, -0.1) is 0 Å². The van der Waals surface area contributed by atoms with E-state index in [0.29, 0.717) is 6.42 Å². The van der Waals surface area contributed by atoms with Crippen molar-refractivity contribution in [2.45, 2.75) is 97.7 Å². The van der Waals surface area contributed by atoms with Crippen LogP contribution < -0.4 is 21.2 Å². The zero-order chi connectivity index (χ0) is 29.1. The largest absolute Gasteiger partial charge is 0.353 e. The summed E-state index contributed by atoms with van der Waals surface area (Å²) in [5.74, 6) is 0.118. The molecule has 3 aromatic carbocycles. The number of benzene rings is 3. The van der Waals surface area contributed by atoms with Gasteiger partial charge in [-0.1, -0.05) is 53.1 Å². The predicted molar refractivity (Wildman–Crippen MR) is 171 cm³/mol. The zero-order valence-corrected chi connectivity index (χ0v) is 26.4. The van der Waals surface area contributed by atoms with Crippen molar-refractivity contribution in [3.8, 4) is 0 Å². The lowest BCUT2D eigenvalue weighted by molar-refractivity contribution is -0.246. The zero-order valence-electron chi connectivity index (χ0n) is 25.5. The Bertz CT molecular complexity index is 1150. The maximum absolute atomic E-state index is 13.1. The highest BCUT2D eigenvalue weighted by Crippen LogP contribution is 2.56. The standard InChI is InChI=1S/C35H47N2O2P/c1-26-11-17-30(18-12-26)40(31-19-13-27(2)14-20-31,32-21-15-28(3)16-22-32)23-9-8-10-33(38)36-29-24-34(4,5)37(39)35(6,7)25-29/h11-22,29,39H,8-10,23-25H2,1-7H3/p+1. The number of aryl methyl sites for hydroxylation is 3. The molecule has 1 aliphatic heterocycles. The number of nitrogens with zero attached hydrogens (tertiary/aromatic N) is 1. The van der Waals surface area contributed by atoms with Crippen LogP contribution in [0.25, 0.3) is 0 Å². The van der Waals surface area contributed by atoms with E-state index in [1.807, 2.05) is 27.7 Å². The maximum Gasteiger partial charge on any atom is 0.220 e. The smallest absolute Gasteiger partial charge is 0.220 e. The van der Waals surface area contributed by atoms with E-state index in [9.17, 15) is 10.0 Å². The Kier molecular flexibility index (Phi) is 9.25. The summed E-state index contributed by atoms with van der Waals surface area (Å²) in [7, 11) is -1.91. The van der Waals surface area contributed by atoms with Gasteiger partial charge in [-0.25, -0.2) is 0 Å². The van der Waals surface area contributed by atoms with Crippen molar-refractivity contribution in [1.82, 2.24) is 10.4 Å². The first kappa shape index (κ1) is 30.4. The third kappa shape index (κ3) is 6.68. The molecule has 0 bridgehead atoms. The molecule has 0 atom stereocenters. The molecule has 1 amide bonds. The fourth-order valence-electron chi connectivity index (χ4n) is 6.54. The molecule has 4 nitrogen and oxygen atoms in total. The molecule has 1 saturated heterocycles. The second-order valence-electron chi connectivity index (χ2n) is 13.1. The van der Waals surface area contributed by atoms with Crippen LogP contribution in [0.3, 0.4) is 0 Å².